The van der Waals surface area contributed by atoms with Crippen molar-refractivity contribution in [3.8, 4) is 17.2 Å². The van der Waals surface area contributed by atoms with E-state index in [0.29, 0.717) is 29.2 Å². The number of carbonyl (C=O) groups is 1. The minimum Gasteiger partial charge on any atom is -0.493 e. The molecular weight excluding hydrogens is 385 g/mol. The van der Waals surface area contributed by atoms with Crippen molar-refractivity contribution in [3.05, 3.63) is 58.5 Å². The third kappa shape index (κ3) is 3.20. The van der Waals surface area contributed by atoms with Gasteiger partial charge in [0.1, 0.15) is 5.82 Å². The minimum atomic E-state index is -0.393. The molecule has 0 bridgehead atoms. The molecule has 30 heavy (non-hydrogen) atoms. The van der Waals surface area contributed by atoms with E-state index in [-0.39, 0.29) is 17.0 Å². The van der Waals surface area contributed by atoms with E-state index in [2.05, 4.69) is 19.2 Å². The number of fused-ring (bicyclic) bond motifs is 1. The normalized spacial score (nSPS) is 19.5. The van der Waals surface area contributed by atoms with Gasteiger partial charge in [-0.1, -0.05) is 26.0 Å². The highest BCUT2D eigenvalue weighted by molar-refractivity contribution is 6.02. The first-order valence-corrected chi connectivity index (χ1v) is 9.91. The third-order valence-electron chi connectivity index (χ3n) is 5.85. The fraction of sp³-hybridized carbons (Fsp3) is 0.375. The highest BCUT2D eigenvalue weighted by Gasteiger charge is 2.43. The Bertz CT molecular complexity index is 1040. The first-order chi connectivity index (χ1) is 14.3. The summed E-state index contributed by atoms with van der Waals surface area (Å²) in [6.45, 7) is 4.18. The number of ether oxygens (including phenoxy) is 3. The molecule has 5 nitrogen and oxygen atoms in total. The highest BCUT2D eigenvalue weighted by atomic mass is 19.1. The predicted octanol–water partition coefficient (Wildman–Crippen LogP) is 5.05. The molecule has 4 rings (SSSR count). The molecule has 0 spiro atoms. The van der Waals surface area contributed by atoms with Gasteiger partial charge in [0.25, 0.3) is 0 Å². The molecule has 2 aliphatic rings. The van der Waals surface area contributed by atoms with Gasteiger partial charge in [-0.25, -0.2) is 4.39 Å². The smallest absolute Gasteiger partial charge is 0.203 e. The number of Topliss-reactive ketones (excluding diaryl/α,β-unsaturated/α-hetero) is 1. The van der Waals surface area contributed by atoms with Crippen molar-refractivity contribution >= 4 is 11.5 Å². The monoisotopic (exact) mass is 411 g/mol. The van der Waals surface area contributed by atoms with Gasteiger partial charge in [0, 0.05) is 35.2 Å². The van der Waals surface area contributed by atoms with Crippen LogP contribution in [0.3, 0.4) is 0 Å². The number of nitrogens with one attached hydrogen (secondary N) is 1. The maximum absolute atomic E-state index is 13.7. The summed E-state index contributed by atoms with van der Waals surface area (Å²) in [7, 11) is 4.69. The number of benzene rings is 2. The van der Waals surface area contributed by atoms with Gasteiger partial charge in [0.15, 0.2) is 17.3 Å². The van der Waals surface area contributed by atoms with Gasteiger partial charge in [-0.3, -0.25) is 4.79 Å². The molecule has 1 atom stereocenters. The zero-order chi connectivity index (χ0) is 21.6. The maximum atomic E-state index is 13.7. The van der Waals surface area contributed by atoms with Crippen molar-refractivity contribution in [2.45, 2.75) is 32.6 Å². The van der Waals surface area contributed by atoms with Crippen LogP contribution in [0, 0.1) is 11.2 Å². The first-order valence-electron chi connectivity index (χ1n) is 9.91. The minimum absolute atomic E-state index is 0.0885. The van der Waals surface area contributed by atoms with Crippen molar-refractivity contribution in [1.29, 1.82) is 0 Å². The predicted molar refractivity (Wildman–Crippen MR) is 113 cm³/mol. The fourth-order valence-electron chi connectivity index (χ4n) is 4.65. The summed E-state index contributed by atoms with van der Waals surface area (Å²) in [6, 6.07) is 8.15. The summed E-state index contributed by atoms with van der Waals surface area (Å²) in [4.78, 5) is 13.3. The second-order valence-electron chi connectivity index (χ2n) is 8.55. The van der Waals surface area contributed by atoms with E-state index < -0.39 is 5.92 Å². The second kappa shape index (κ2) is 7.35. The van der Waals surface area contributed by atoms with E-state index in [4.69, 9.17) is 14.2 Å². The molecule has 0 fully saturated rings. The molecule has 0 saturated heterocycles. The Morgan fingerprint density at radius 1 is 1.00 bits per heavy atom. The van der Waals surface area contributed by atoms with Crippen molar-refractivity contribution in [2.75, 3.05) is 26.6 Å². The average molecular weight is 411 g/mol. The molecule has 2 aromatic carbocycles. The Kier molecular flexibility index (Phi) is 4.96. The van der Waals surface area contributed by atoms with Crippen LogP contribution in [0.15, 0.2) is 41.6 Å². The van der Waals surface area contributed by atoms with E-state index >= 15 is 0 Å². The fourth-order valence-corrected chi connectivity index (χ4v) is 4.65. The molecule has 0 amide bonds. The van der Waals surface area contributed by atoms with E-state index in [1.54, 1.807) is 33.5 Å². The van der Waals surface area contributed by atoms with Gasteiger partial charge in [-0.05, 0) is 29.5 Å². The lowest BCUT2D eigenvalue weighted by molar-refractivity contribution is -0.118. The molecule has 158 valence electrons. The topological polar surface area (TPSA) is 56.8 Å². The van der Waals surface area contributed by atoms with Gasteiger partial charge in [-0.15, -0.1) is 0 Å². The van der Waals surface area contributed by atoms with E-state index in [0.717, 1.165) is 28.9 Å². The quantitative estimate of drug-likeness (QED) is 0.763. The standard InChI is InChI=1S/C24H26FNO4/c1-24(2)11-16-20(17(27)12-24)19(13-6-8-14(25)9-7-13)21-15(26-16)10-18(28-3)22(29-4)23(21)30-5/h6-10,19,26H,11-12H2,1-5H3/t19-/m0/s1. The average Bonchev–Trinajstić information content (AvgIpc) is 2.70. The maximum Gasteiger partial charge on any atom is 0.203 e. The van der Waals surface area contributed by atoms with E-state index in [1.165, 1.54) is 12.1 Å². The molecule has 6 heteroatoms. The number of anilines is 1. The summed E-state index contributed by atoms with van der Waals surface area (Å²) in [5.41, 5.74) is 3.86. The zero-order valence-electron chi connectivity index (χ0n) is 17.9. The molecule has 0 aromatic heterocycles. The lowest BCUT2D eigenvalue weighted by Gasteiger charge is -2.40. The van der Waals surface area contributed by atoms with Crippen LogP contribution in [0.25, 0.3) is 0 Å². The Balaban J connectivity index is 2.03. The Morgan fingerprint density at radius 2 is 1.67 bits per heavy atom. The molecular formula is C24H26FNO4. The first kappa shape index (κ1) is 20.3. The van der Waals surface area contributed by atoms with Gasteiger partial charge < -0.3 is 19.5 Å². The molecule has 1 aliphatic heterocycles. The summed E-state index contributed by atoms with van der Waals surface area (Å²) in [6.07, 6.45) is 1.19. The molecule has 1 N–H and O–H groups in total. The number of carbonyl (C=O) groups excluding carboxylic acids is 1. The Labute approximate surface area is 175 Å². The van der Waals surface area contributed by atoms with E-state index in [9.17, 15) is 9.18 Å². The summed E-state index contributed by atoms with van der Waals surface area (Å²) in [5, 5.41) is 3.47. The summed E-state index contributed by atoms with van der Waals surface area (Å²) >= 11 is 0. The number of halogens is 1. The Morgan fingerprint density at radius 3 is 2.27 bits per heavy atom. The van der Waals surface area contributed by atoms with Crippen molar-refractivity contribution < 1.29 is 23.4 Å². The van der Waals surface area contributed by atoms with Crippen LogP contribution < -0.4 is 19.5 Å². The Hall–Kier alpha value is -3.02. The SMILES string of the molecule is COc1cc2c(c(OC)c1OC)[C@@H](c1ccc(F)cc1)C1=C(CC(C)(C)CC1=O)N2. The third-order valence-corrected chi connectivity index (χ3v) is 5.85. The lowest BCUT2D eigenvalue weighted by Crippen LogP contribution is -2.34. The molecule has 1 aliphatic carbocycles. The van der Waals surface area contributed by atoms with Crippen LogP contribution in [-0.4, -0.2) is 27.1 Å². The van der Waals surface area contributed by atoms with Crippen molar-refractivity contribution in [3.63, 3.8) is 0 Å². The van der Waals surface area contributed by atoms with Gasteiger partial charge in [-0.2, -0.15) is 0 Å². The molecule has 1 heterocycles. The van der Waals surface area contributed by atoms with Crippen LogP contribution in [-0.2, 0) is 4.79 Å². The number of hydrogen-bond donors (Lipinski definition) is 1. The van der Waals surface area contributed by atoms with Gasteiger partial charge in [0.05, 0.1) is 27.0 Å². The number of hydrogen-bond acceptors (Lipinski definition) is 5. The van der Waals surface area contributed by atoms with Gasteiger partial charge in [0.2, 0.25) is 5.75 Å². The molecule has 0 saturated carbocycles. The molecule has 0 unspecified atom stereocenters. The highest BCUT2D eigenvalue weighted by Crippen LogP contribution is 2.55. The molecule has 2 aromatic rings. The number of rotatable bonds is 4. The van der Waals surface area contributed by atoms with Crippen molar-refractivity contribution in [2.24, 2.45) is 5.41 Å². The summed E-state index contributed by atoms with van der Waals surface area (Å²) < 4.78 is 30.5. The largest absolute Gasteiger partial charge is 0.493 e. The van der Waals surface area contributed by atoms with Crippen LogP contribution >= 0.6 is 0 Å². The van der Waals surface area contributed by atoms with Crippen molar-refractivity contribution in [1.82, 2.24) is 0 Å². The van der Waals surface area contributed by atoms with Crippen LogP contribution in [0.1, 0.15) is 43.7 Å². The molecule has 0 radical (unpaired) electrons. The summed E-state index contributed by atoms with van der Waals surface area (Å²) in [5.74, 6) is 0.861. The van der Waals surface area contributed by atoms with Crippen LogP contribution in [0.5, 0.6) is 17.2 Å². The second-order valence-corrected chi connectivity index (χ2v) is 8.55. The number of allylic oxidation sites excluding steroid dienone is 2. The number of methoxy groups -OCH3 is 3. The van der Waals surface area contributed by atoms with E-state index in [1.807, 2.05) is 6.07 Å². The van der Waals surface area contributed by atoms with Crippen LogP contribution in [0.2, 0.25) is 0 Å². The van der Waals surface area contributed by atoms with Gasteiger partial charge >= 0.3 is 0 Å². The lowest BCUT2D eigenvalue weighted by atomic mass is 9.68. The number of ketones is 1. The zero-order valence-corrected chi connectivity index (χ0v) is 17.9. The van der Waals surface area contributed by atoms with Crippen LogP contribution in [0.4, 0.5) is 10.1 Å².